The van der Waals surface area contributed by atoms with E-state index in [0.717, 1.165) is 16.8 Å². The van der Waals surface area contributed by atoms with Crippen LogP contribution in [0.15, 0.2) is 53.2 Å². The minimum Gasteiger partial charge on any atom is -0.452 e. The highest BCUT2D eigenvalue weighted by atomic mass is 16.5. The summed E-state index contributed by atoms with van der Waals surface area (Å²) in [7, 11) is 0. The molecule has 3 aromatic rings. The molecule has 0 aliphatic rings. The van der Waals surface area contributed by atoms with Crippen molar-refractivity contribution in [2.24, 2.45) is 0 Å². The molecule has 0 bridgehead atoms. The predicted molar refractivity (Wildman–Crippen MR) is 94.9 cm³/mol. The number of nitrogens with zero attached hydrogens (tertiary/aromatic N) is 2. The molecule has 3 rings (SSSR count). The quantitative estimate of drug-likeness (QED) is 0.689. The number of carbonyl (C=O) groups is 2. The summed E-state index contributed by atoms with van der Waals surface area (Å²) in [4.78, 5) is 24.1. The highest BCUT2D eigenvalue weighted by Crippen LogP contribution is 2.19. The number of furan rings is 1. The van der Waals surface area contributed by atoms with Crippen molar-refractivity contribution in [3.63, 3.8) is 0 Å². The number of aryl methyl sites for hydroxylation is 2. The molecule has 2 aromatic heterocycles. The summed E-state index contributed by atoms with van der Waals surface area (Å²) in [6, 6.07) is 10.7. The van der Waals surface area contributed by atoms with Gasteiger partial charge in [0.15, 0.2) is 6.61 Å². The lowest BCUT2D eigenvalue weighted by molar-refractivity contribution is -0.119. The van der Waals surface area contributed by atoms with Crippen LogP contribution in [0, 0.1) is 13.8 Å². The molecule has 0 unspecified atom stereocenters. The molecule has 0 radical (unpaired) electrons. The highest BCUT2D eigenvalue weighted by Gasteiger charge is 2.15. The number of hydrogen-bond donors (Lipinski definition) is 1. The zero-order chi connectivity index (χ0) is 18.5. The van der Waals surface area contributed by atoms with Crippen LogP contribution in [0.25, 0.3) is 0 Å². The largest absolute Gasteiger partial charge is 0.452 e. The first-order valence-corrected chi connectivity index (χ1v) is 8.12. The number of amides is 1. The van der Waals surface area contributed by atoms with Crippen molar-refractivity contribution in [2.75, 3.05) is 11.9 Å². The van der Waals surface area contributed by atoms with E-state index in [1.807, 2.05) is 32.0 Å². The lowest BCUT2D eigenvalue weighted by atomic mass is 10.1. The van der Waals surface area contributed by atoms with Crippen LogP contribution in [0.4, 0.5) is 5.69 Å². The molecule has 134 valence electrons. The molecule has 0 atom stereocenters. The smallest absolute Gasteiger partial charge is 0.374 e. The second-order valence-corrected chi connectivity index (χ2v) is 5.86. The molecule has 0 aliphatic heterocycles. The number of ether oxygens (including phenoxy) is 1. The number of hydrogen-bond acceptors (Lipinski definition) is 5. The van der Waals surface area contributed by atoms with E-state index in [-0.39, 0.29) is 12.4 Å². The number of carbonyl (C=O) groups excluding carboxylic acids is 2. The highest BCUT2D eigenvalue weighted by molar-refractivity contribution is 5.95. The second kappa shape index (κ2) is 7.69. The molecule has 0 aliphatic carbocycles. The summed E-state index contributed by atoms with van der Waals surface area (Å²) in [5.41, 5.74) is 2.62. The third kappa shape index (κ3) is 4.18. The van der Waals surface area contributed by atoms with Crippen LogP contribution in [-0.2, 0) is 16.1 Å². The Morgan fingerprint density at radius 1 is 1.15 bits per heavy atom. The Morgan fingerprint density at radius 3 is 2.62 bits per heavy atom. The Balaban J connectivity index is 1.54. The van der Waals surface area contributed by atoms with Crippen LogP contribution in [0.1, 0.15) is 27.4 Å². The van der Waals surface area contributed by atoms with Crippen LogP contribution in [0.5, 0.6) is 0 Å². The molecular formula is C19H19N3O4. The van der Waals surface area contributed by atoms with Gasteiger partial charge in [0.1, 0.15) is 5.76 Å². The zero-order valence-corrected chi connectivity index (χ0v) is 14.6. The number of nitrogens with one attached hydrogen (secondary N) is 1. The number of anilines is 1. The van der Waals surface area contributed by atoms with Gasteiger partial charge in [-0.05, 0) is 43.2 Å². The first-order chi connectivity index (χ1) is 12.5. The summed E-state index contributed by atoms with van der Waals surface area (Å²) in [5.74, 6) is -0.472. The van der Waals surface area contributed by atoms with Crippen molar-refractivity contribution in [3.8, 4) is 0 Å². The van der Waals surface area contributed by atoms with E-state index < -0.39 is 11.9 Å². The zero-order valence-electron chi connectivity index (χ0n) is 14.6. The minimum atomic E-state index is -0.687. The van der Waals surface area contributed by atoms with Crippen LogP contribution < -0.4 is 5.32 Å². The van der Waals surface area contributed by atoms with Gasteiger partial charge in [0.05, 0.1) is 6.54 Å². The maximum absolute atomic E-state index is 12.0. The Bertz CT molecular complexity index is 893. The van der Waals surface area contributed by atoms with Gasteiger partial charge in [-0.1, -0.05) is 18.2 Å². The second-order valence-electron chi connectivity index (χ2n) is 5.86. The summed E-state index contributed by atoms with van der Waals surface area (Å²) >= 11 is 0. The van der Waals surface area contributed by atoms with E-state index in [9.17, 15) is 9.59 Å². The number of aromatic nitrogens is 2. The third-order valence-electron chi connectivity index (χ3n) is 3.82. The Kier molecular flexibility index (Phi) is 5.17. The number of benzene rings is 1. The normalized spacial score (nSPS) is 10.5. The van der Waals surface area contributed by atoms with Gasteiger partial charge in [-0.3, -0.25) is 9.48 Å². The van der Waals surface area contributed by atoms with Gasteiger partial charge in [0.25, 0.3) is 5.91 Å². The molecule has 26 heavy (non-hydrogen) atoms. The van der Waals surface area contributed by atoms with E-state index in [2.05, 4.69) is 10.4 Å². The van der Waals surface area contributed by atoms with Crippen molar-refractivity contribution in [1.29, 1.82) is 0 Å². The topological polar surface area (TPSA) is 86.4 Å². The summed E-state index contributed by atoms with van der Waals surface area (Å²) < 4.78 is 12.1. The Labute approximate surface area is 150 Å². The fraction of sp³-hybridized carbons (Fsp3) is 0.211. The Morgan fingerprint density at radius 2 is 1.92 bits per heavy atom. The van der Waals surface area contributed by atoms with Gasteiger partial charge < -0.3 is 14.5 Å². The van der Waals surface area contributed by atoms with Crippen molar-refractivity contribution >= 4 is 17.6 Å². The Hall–Kier alpha value is -3.35. The van der Waals surface area contributed by atoms with Gasteiger partial charge in [0, 0.05) is 18.1 Å². The van der Waals surface area contributed by atoms with E-state index in [1.54, 1.807) is 29.2 Å². The molecule has 0 fully saturated rings. The van der Waals surface area contributed by atoms with E-state index in [4.69, 9.17) is 9.15 Å². The fourth-order valence-electron chi connectivity index (χ4n) is 2.52. The maximum Gasteiger partial charge on any atom is 0.374 e. The molecule has 7 nitrogen and oxygen atoms in total. The molecule has 0 spiro atoms. The van der Waals surface area contributed by atoms with Crippen LogP contribution in [0.2, 0.25) is 0 Å². The first-order valence-electron chi connectivity index (χ1n) is 8.12. The summed E-state index contributed by atoms with van der Waals surface area (Å²) in [5, 5.41) is 6.83. The monoisotopic (exact) mass is 353 g/mol. The average molecular weight is 353 g/mol. The fourth-order valence-corrected chi connectivity index (χ4v) is 2.52. The SMILES string of the molecule is Cc1cccc(C)c1NC(=O)COC(=O)c1ccc(Cn2cccn2)o1. The van der Waals surface area contributed by atoms with Gasteiger partial charge in [-0.2, -0.15) is 5.10 Å². The third-order valence-corrected chi connectivity index (χ3v) is 3.82. The molecular weight excluding hydrogens is 334 g/mol. The molecule has 0 saturated heterocycles. The molecule has 7 heteroatoms. The van der Waals surface area contributed by atoms with Gasteiger partial charge in [-0.25, -0.2) is 4.79 Å². The van der Waals surface area contributed by atoms with Crippen molar-refractivity contribution in [1.82, 2.24) is 9.78 Å². The minimum absolute atomic E-state index is 0.0482. The number of para-hydroxylation sites is 1. The molecule has 2 heterocycles. The molecule has 1 aromatic carbocycles. The van der Waals surface area contributed by atoms with E-state index in [0.29, 0.717) is 12.3 Å². The lowest BCUT2D eigenvalue weighted by Crippen LogP contribution is -2.21. The van der Waals surface area contributed by atoms with Crippen molar-refractivity contribution in [3.05, 3.63) is 71.4 Å². The lowest BCUT2D eigenvalue weighted by Gasteiger charge is -2.11. The van der Waals surface area contributed by atoms with Crippen molar-refractivity contribution in [2.45, 2.75) is 20.4 Å². The number of esters is 1. The predicted octanol–water partition coefficient (Wildman–Crippen LogP) is 2.94. The van der Waals surface area contributed by atoms with Crippen LogP contribution in [-0.4, -0.2) is 28.3 Å². The van der Waals surface area contributed by atoms with Crippen LogP contribution >= 0.6 is 0 Å². The molecule has 1 amide bonds. The maximum atomic E-state index is 12.0. The van der Waals surface area contributed by atoms with E-state index in [1.165, 1.54) is 6.07 Å². The summed E-state index contributed by atoms with van der Waals surface area (Å²) in [6.07, 6.45) is 3.45. The summed E-state index contributed by atoms with van der Waals surface area (Å²) in [6.45, 7) is 3.83. The van der Waals surface area contributed by atoms with E-state index >= 15 is 0 Å². The molecule has 1 N–H and O–H groups in total. The molecule has 0 saturated carbocycles. The number of rotatable bonds is 6. The average Bonchev–Trinajstić information content (AvgIpc) is 3.29. The first kappa shape index (κ1) is 17.5. The van der Waals surface area contributed by atoms with Gasteiger partial charge in [0.2, 0.25) is 5.76 Å². The van der Waals surface area contributed by atoms with Crippen LogP contribution in [0.3, 0.4) is 0 Å². The van der Waals surface area contributed by atoms with Gasteiger partial charge >= 0.3 is 5.97 Å². The van der Waals surface area contributed by atoms with Crippen molar-refractivity contribution < 1.29 is 18.7 Å². The standard InChI is InChI=1S/C19H19N3O4/c1-13-5-3-6-14(2)18(13)21-17(23)12-25-19(24)16-8-7-15(26-16)11-22-10-4-9-20-22/h3-10H,11-12H2,1-2H3,(H,21,23). The van der Waals surface area contributed by atoms with Gasteiger partial charge in [-0.15, -0.1) is 0 Å².